The lowest BCUT2D eigenvalue weighted by atomic mass is 10.2. The van der Waals surface area contributed by atoms with Crippen LogP contribution in [-0.4, -0.2) is 50.3 Å². The van der Waals surface area contributed by atoms with E-state index in [4.69, 9.17) is 0 Å². The molecule has 1 N–H and O–H groups in total. The minimum absolute atomic E-state index is 0. The monoisotopic (exact) mass is 373 g/mol. The first kappa shape index (κ1) is 19.2. The van der Waals surface area contributed by atoms with Gasteiger partial charge in [0.2, 0.25) is 15.9 Å². The van der Waals surface area contributed by atoms with Gasteiger partial charge in [-0.25, -0.2) is 8.42 Å². The molecule has 2 heterocycles. The maximum atomic E-state index is 12.9. The molecule has 0 radical (unpaired) electrons. The van der Waals surface area contributed by atoms with Gasteiger partial charge in [0.15, 0.2) is 0 Å². The summed E-state index contributed by atoms with van der Waals surface area (Å²) in [6.45, 7) is 7.09. The number of halogens is 1. The Labute approximate surface area is 149 Å². The molecule has 0 spiro atoms. The normalized spacial score (nSPS) is 24.4. The van der Waals surface area contributed by atoms with Gasteiger partial charge in [0, 0.05) is 44.3 Å². The molecule has 0 bridgehead atoms. The van der Waals surface area contributed by atoms with Gasteiger partial charge in [0.1, 0.15) is 0 Å². The third-order valence-electron chi connectivity index (χ3n) is 4.49. The van der Waals surface area contributed by atoms with Crippen LogP contribution in [0.5, 0.6) is 0 Å². The highest BCUT2D eigenvalue weighted by atomic mass is 35.5. The Morgan fingerprint density at radius 2 is 1.83 bits per heavy atom. The molecule has 1 fully saturated rings. The van der Waals surface area contributed by atoms with E-state index in [0.29, 0.717) is 31.0 Å². The Hall–Kier alpha value is -1.15. The quantitative estimate of drug-likeness (QED) is 0.850. The van der Waals surface area contributed by atoms with Crippen LogP contribution in [-0.2, 0) is 21.2 Å². The van der Waals surface area contributed by atoms with Gasteiger partial charge < -0.3 is 10.2 Å². The highest BCUT2D eigenvalue weighted by molar-refractivity contribution is 7.89. The van der Waals surface area contributed by atoms with Crippen LogP contribution >= 0.6 is 12.4 Å². The summed E-state index contributed by atoms with van der Waals surface area (Å²) < 4.78 is 27.4. The fourth-order valence-electron chi connectivity index (χ4n) is 3.49. The van der Waals surface area contributed by atoms with Crippen molar-refractivity contribution in [1.29, 1.82) is 0 Å². The SMILES string of the molecule is CC(=O)N1CCc2cc(S(=O)(=O)N3CC(C)NC(C)C3)ccc21.Cl. The summed E-state index contributed by atoms with van der Waals surface area (Å²) in [7, 11) is -3.50. The van der Waals surface area contributed by atoms with Crippen molar-refractivity contribution in [3.05, 3.63) is 23.8 Å². The average Bonchev–Trinajstić information content (AvgIpc) is 2.89. The zero-order valence-corrected chi connectivity index (χ0v) is 15.8. The van der Waals surface area contributed by atoms with Crippen LogP contribution in [0, 0.1) is 0 Å². The molecule has 1 aromatic carbocycles. The number of nitrogens with zero attached hydrogens (tertiary/aromatic N) is 2. The molecule has 2 unspecified atom stereocenters. The number of carbonyl (C=O) groups is 1. The predicted octanol–water partition coefficient (Wildman–Crippen LogP) is 1.39. The third-order valence-corrected chi connectivity index (χ3v) is 6.32. The molecule has 1 amide bonds. The van der Waals surface area contributed by atoms with E-state index in [1.807, 2.05) is 13.8 Å². The molecule has 1 saturated heterocycles. The van der Waals surface area contributed by atoms with Crippen molar-refractivity contribution >= 4 is 34.0 Å². The molecule has 0 aromatic heterocycles. The van der Waals surface area contributed by atoms with Crippen molar-refractivity contribution in [2.75, 3.05) is 24.5 Å². The second-order valence-electron chi connectivity index (χ2n) is 6.50. The topological polar surface area (TPSA) is 69.7 Å². The first-order valence-corrected chi connectivity index (χ1v) is 9.40. The molecule has 134 valence electrons. The van der Waals surface area contributed by atoms with Crippen LogP contribution in [0.2, 0.25) is 0 Å². The third kappa shape index (κ3) is 3.44. The number of fused-ring (bicyclic) bond motifs is 1. The van der Waals surface area contributed by atoms with Crippen molar-refractivity contribution in [1.82, 2.24) is 9.62 Å². The standard InChI is InChI=1S/C16H23N3O3S.ClH/c1-11-9-18(10-12(2)17-11)23(21,22)15-4-5-16-14(8-15)6-7-19(16)13(3)20;/h4-5,8,11-12,17H,6-7,9-10H2,1-3H3;1H. The fraction of sp³-hybridized carbons (Fsp3) is 0.562. The summed E-state index contributed by atoms with van der Waals surface area (Å²) >= 11 is 0. The zero-order chi connectivity index (χ0) is 16.8. The molecule has 2 atom stereocenters. The molecular formula is C16H24ClN3O3S. The van der Waals surface area contributed by atoms with Crippen LogP contribution in [0.3, 0.4) is 0 Å². The Morgan fingerprint density at radius 1 is 1.21 bits per heavy atom. The Balaban J connectivity index is 0.00000208. The second-order valence-corrected chi connectivity index (χ2v) is 8.44. The first-order valence-electron chi connectivity index (χ1n) is 7.96. The molecule has 3 rings (SSSR count). The zero-order valence-electron chi connectivity index (χ0n) is 14.2. The van der Waals surface area contributed by atoms with Gasteiger partial charge in [-0.05, 0) is 44.0 Å². The van der Waals surface area contributed by atoms with E-state index in [1.165, 1.54) is 6.92 Å². The van der Waals surface area contributed by atoms with Gasteiger partial charge in [-0.2, -0.15) is 4.31 Å². The number of piperazine rings is 1. The lowest BCUT2D eigenvalue weighted by Gasteiger charge is -2.35. The van der Waals surface area contributed by atoms with Crippen molar-refractivity contribution in [3.63, 3.8) is 0 Å². The molecule has 24 heavy (non-hydrogen) atoms. The molecule has 1 aromatic rings. The van der Waals surface area contributed by atoms with Gasteiger partial charge in [-0.3, -0.25) is 4.79 Å². The van der Waals surface area contributed by atoms with Gasteiger partial charge in [-0.15, -0.1) is 12.4 Å². The maximum absolute atomic E-state index is 12.9. The summed E-state index contributed by atoms with van der Waals surface area (Å²) in [6, 6.07) is 5.37. The van der Waals surface area contributed by atoms with E-state index < -0.39 is 10.0 Å². The van der Waals surface area contributed by atoms with E-state index in [9.17, 15) is 13.2 Å². The number of amides is 1. The highest BCUT2D eigenvalue weighted by Crippen LogP contribution is 2.31. The number of sulfonamides is 1. The Bertz CT molecular complexity index is 728. The summed E-state index contributed by atoms with van der Waals surface area (Å²) in [4.78, 5) is 13.6. The highest BCUT2D eigenvalue weighted by Gasteiger charge is 2.32. The number of rotatable bonds is 2. The van der Waals surface area contributed by atoms with Crippen molar-refractivity contribution < 1.29 is 13.2 Å². The summed E-state index contributed by atoms with van der Waals surface area (Å²) in [5.74, 6) is -0.0101. The van der Waals surface area contributed by atoms with Crippen molar-refractivity contribution in [2.45, 2.75) is 44.2 Å². The Kier molecular flexibility index (Phi) is 5.59. The van der Waals surface area contributed by atoms with Crippen molar-refractivity contribution in [2.24, 2.45) is 0 Å². The maximum Gasteiger partial charge on any atom is 0.243 e. The van der Waals surface area contributed by atoms with E-state index in [0.717, 1.165) is 11.3 Å². The van der Waals surface area contributed by atoms with Crippen LogP contribution in [0.15, 0.2) is 23.1 Å². The number of hydrogen-bond acceptors (Lipinski definition) is 4. The summed E-state index contributed by atoms with van der Waals surface area (Å²) in [5.41, 5.74) is 1.76. The smallest absolute Gasteiger partial charge is 0.243 e. The van der Waals surface area contributed by atoms with E-state index in [1.54, 1.807) is 27.4 Å². The largest absolute Gasteiger partial charge is 0.312 e. The molecular weight excluding hydrogens is 350 g/mol. The number of benzene rings is 1. The van der Waals surface area contributed by atoms with Crippen LogP contribution in [0.4, 0.5) is 5.69 Å². The van der Waals surface area contributed by atoms with Crippen LogP contribution in [0.25, 0.3) is 0 Å². The van der Waals surface area contributed by atoms with E-state index in [2.05, 4.69) is 5.32 Å². The first-order chi connectivity index (χ1) is 10.8. The minimum atomic E-state index is -3.50. The molecule has 2 aliphatic rings. The average molecular weight is 374 g/mol. The second kappa shape index (κ2) is 7.00. The molecule has 2 aliphatic heterocycles. The number of nitrogens with one attached hydrogen (secondary N) is 1. The molecule has 0 aliphatic carbocycles. The van der Waals surface area contributed by atoms with Gasteiger partial charge >= 0.3 is 0 Å². The lowest BCUT2D eigenvalue weighted by Crippen LogP contribution is -2.55. The Morgan fingerprint density at radius 3 is 2.42 bits per heavy atom. The van der Waals surface area contributed by atoms with Crippen molar-refractivity contribution in [3.8, 4) is 0 Å². The predicted molar refractivity (Wildman–Crippen MR) is 96.2 cm³/mol. The minimum Gasteiger partial charge on any atom is -0.312 e. The van der Waals surface area contributed by atoms with Gasteiger partial charge in [0.25, 0.3) is 0 Å². The molecule has 6 nitrogen and oxygen atoms in total. The lowest BCUT2D eigenvalue weighted by molar-refractivity contribution is -0.116. The summed E-state index contributed by atoms with van der Waals surface area (Å²) in [6.07, 6.45) is 0.701. The van der Waals surface area contributed by atoms with Crippen LogP contribution in [0.1, 0.15) is 26.3 Å². The van der Waals surface area contributed by atoms with E-state index >= 15 is 0 Å². The number of anilines is 1. The number of hydrogen-bond donors (Lipinski definition) is 1. The molecule has 8 heteroatoms. The van der Waals surface area contributed by atoms with E-state index in [-0.39, 0.29) is 30.4 Å². The molecule has 0 saturated carbocycles. The summed E-state index contributed by atoms with van der Waals surface area (Å²) in [5, 5.41) is 3.34. The van der Waals surface area contributed by atoms with Gasteiger partial charge in [0.05, 0.1) is 4.90 Å². The van der Waals surface area contributed by atoms with Crippen LogP contribution < -0.4 is 10.2 Å². The fourth-order valence-corrected chi connectivity index (χ4v) is 5.16. The van der Waals surface area contributed by atoms with Gasteiger partial charge in [-0.1, -0.05) is 0 Å². The number of carbonyl (C=O) groups excluding carboxylic acids is 1.